The number of nitrogens with two attached hydrogens (primary N) is 1. The van der Waals surface area contributed by atoms with Gasteiger partial charge in [-0.3, -0.25) is 4.79 Å². The molecule has 0 atom stereocenters. The third-order valence-electron chi connectivity index (χ3n) is 3.41. The number of anilines is 1. The molecule has 0 amide bonds. The minimum Gasteiger partial charge on any atom is -0.454 e. The maximum atomic E-state index is 14.0. The van der Waals surface area contributed by atoms with Crippen LogP contribution in [0.15, 0.2) is 24.3 Å². The van der Waals surface area contributed by atoms with Crippen LogP contribution in [0, 0.1) is 26.6 Å². The lowest BCUT2D eigenvalue weighted by atomic mass is 9.99. The van der Waals surface area contributed by atoms with E-state index in [-0.39, 0.29) is 17.2 Å². The van der Waals surface area contributed by atoms with Gasteiger partial charge in [0.1, 0.15) is 5.75 Å². The van der Waals surface area contributed by atoms with Crippen LogP contribution >= 0.6 is 0 Å². The van der Waals surface area contributed by atoms with Crippen molar-refractivity contribution in [2.75, 3.05) is 5.73 Å². The highest BCUT2D eigenvalue weighted by Crippen LogP contribution is 2.33. The Morgan fingerprint density at radius 3 is 2.43 bits per heavy atom. The molecule has 0 saturated heterocycles. The molecule has 3 nitrogen and oxygen atoms in total. The van der Waals surface area contributed by atoms with Crippen molar-refractivity contribution < 1.29 is 13.9 Å². The molecule has 110 valence electrons. The van der Waals surface area contributed by atoms with E-state index in [9.17, 15) is 9.18 Å². The first-order valence-electron chi connectivity index (χ1n) is 6.66. The number of Topliss-reactive ketones (excluding diaryl/α,β-unsaturated/α-hetero) is 1. The number of nitrogen functional groups attached to an aromatic ring is 1. The van der Waals surface area contributed by atoms with E-state index in [0.29, 0.717) is 16.9 Å². The van der Waals surface area contributed by atoms with E-state index in [2.05, 4.69) is 0 Å². The second-order valence-electron chi connectivity index (χ2n) is 5.21. The minimum atomic E-state index is -0.593. The summed E-state index contributed by atoms with van der Waals surface area (Å²) in [7, 11) is 0. The average molecular weight is 287 g/mol. The summed E-state index contributed by atoms with van der Waals surface area (Å²) in [4.78, 5) is 11.7. The van der Waals surface area contributed by atoms with Gasteiger partial charge in [-0.1, -0.05) is 6.07 Å². The lowest BCUT2D eigenvalue weighted by Crippen LogP contribution is -2.03. The number of benzene rings is 2. The molecule has 21 heavy (non-hydrogen) atoms. The Bertz CT molecular complexity index is 723. The van der Waals surface area contributed by atoms with Gasteiger partial charge in [0.25, 0.3) is 0 Å². The fraction of sp³-hybridized carbons (Fsp3) is 0.235. The zero-order valence-corrected chi connectivity index (χ0v) is 12.6. The van der Waals surface area contributed by atoms with Crippen LogP contribution in [0.4, 0.5) is 10.1 Å². The summed E-state index contributed by atoms with van der Waals surface area (Å²) in [6.07, 6.45) is 0. The van der Waals surface area contributed by atoms with Gasteiger partial charge in [-0.2, -0.15) is 0 Å². The smallest absolute Gasteiger partial charge is 0.188 e. The summed E-state index contributed by atoms with van der Waals surface area (Å²) in [6, 6.07) is 6.65. The van der Waals surface area contributed by atoms with Crippen molar-refractivity contribution >= 4 is 11.5 Å². The van der Waals surface area contributed by atoms with E-state index in [1.54, 1.807) is 31.2 Å². The van der Waals surface area contributed by atoms with Crippen molar-refractivity contribution in [3.63, 3.8) is 0 Å². The molecule has 0 aliphatic heterocycles. The first-order valence-corrected chi connectivity index (χ1v) is 6.66. The predicted molar refractivity (Wildman–Crippen MR) is 81.5 cm³/mol. The number of rotatable bonds is 3. The van der Waals surface area contributed by atoms with Crippen LogP contribution in [0.25, 0.3) is 0 Å². The maximum Gasteiger partial charge on any atom is 0.188 e. The molecule has 2 aromatic rings. The molecule has 0 aliphatic rings. The molecule has 2 rings (SSSR count). The van der Waals surface area contributed by atoms with Gasteiger partial charge < -0.3 is 10.5 Å². The molecule has 0 heterocycles. The molecule has 0 radical (unpaired) electrons. The third kappa shape index (κ3) is 2.89. The van der Waals surface area contributed by atoms with Crippen LogP contribution < -0.4 is 10.5 Å². The topological polar surface area (TPSA) is 52.3 Å². The van der Waals surface area contributed by atoms with Gasteiger partial charge in [-0.25, -0.2) is 4.39 Å². The quantitative estimate of drug-likeness (QED) is 0.675. The molecule has 2 aromatic carbocycles. The zero-order chi connectivity index (χ0) is 15.7. The van der Waals surface area contributed by atoms with Crippen LogP contribution in [0.5, 0.6) is 11.5 Å². The van der Waals surface area contributed by atoms with Gasteiger partial charge in [0.05, 0.1) is 5.69 Å². The highest BCUT2D eigenvalue weighted by Gasteiger charge is 2.15. The minimum absolute atomic E-state index is 0.0420. The number of hydrogen-bond acceptors (Lipinski definition) is 3. The van der Waals surface area contributed by atoms with Crippen molar-refractivity contribution in [3.8, 4) is 11.5 Å². The van der Waals surface area contributed by atoms with E-state index in [0.717, 1.165) is 11.1 Å². The Hall–Kier alpha value is -2.36. The first kappa shape index (κ1) is 15.0. The van der Waals surface area contributed by atoms with E-state index < -0.39 is 5.82 Å². The molecule has 0 unspecified atom stereocenters. The maximum absolute atomic E-state index is 14.0. The SMILES string of the molecule is CC(=O)c1c(C)ccc(Oc2cc(C)cc(N)c2F)c1C. The van der Waals surface area contributed by atoms with Crippen molar-refractivity contribution in [3.05, 3.63) is 52.3 Å². The summed E-state index contributed by atoms with van der Waals surface area (Å²) >= 11 is 0. The molecule has 0 aromatic heterocycles. The van der Waals surface area contributed by atoms with Gasteiger partial charge in [-0.05, 0) is 57.0 Å². The number of carbonyl (C=O) groups excluding carboxylic acids is 1. The van der Waals surface area contributed by atoms with Gasteiger partial charge in [-0.15, -0.1) is 0 Å². The Morgan fingerprint density at radius 1 is 1.14 bits per heavy atom. The Morgan fingerprint density at radius 2 is 1.81 bits per heavy atom. The van der Waals surface area contributed by atoms with Crippen LogP contribution in [0.1, 0.15) is 34.0 Å². The van der Waals surface area contributed by atoms with E-state index >= 15 is 0 Å². The summed E-state index contributed by atoms with van der Waals surface area (Å²) in [5, 5.41) is 0. The third-order valence-corrected chi connectivity index (χ3v) is 3.41. The summed E-state index contributed by atoms with van der Waals surface area (Å²) in [5.74, 6) is -0.117. The van der Waals surface area contributed by atoms with Crippen molar-refractivity contribution in [2.45, 2.75) is 27.7 Å². The molecule has 0 saturated carbocycles. The lowest BCUT2D eigenvalue weighted by Gasteiger charge is -2.14. The summed E-state index contributed by atoms with van der Waals surface area (Å²) < 4.78 is 19.7. The Kier molecular flexibility index (Phi) is 3.98. The van der Waals surface area contributed by atoms with Crippen molar-refractivity contribution in [2.24, 2.45) is 0 Å². The van der Waals surface area contributed by atoms with Crippen molar-refractivity contribution in [1.29, 1.82) is 0 Å². The lowest BCUT2D eigenvalue weighted by molar-refractivity contribution is 0.101. The molecule has 2 N–H and O–H groups in total. The van der Waals surface area contributed by atoms with E-state index in [1.807, 2.05) is 13.8 Å². The normalized spacial score (nSPS) is 10.5. The average Bonchev–Trinajstić information content (AvgIpc) is 2.38. The van der Waals surface area contributed by atoms with E-state index in [1.165, 1.54) is 6.92 Å². The second-order valence-corrected chi connectivity index (χ2v) is 5.21. The number of aryl methyl sites for hydroxylation is 2. The van der Waals surface area contributed by atoms with Crippen molar-refractivity contribution in [1.82, 2.24) is 0 Å². The van der Waals surface area contributed by atoms with Crippen LogP contribution in [-0.4, -0.2) is 5.78 Å². The zero-order valence-electron chi connectivity index (χ0n) is 12.6. The highest BCUT2D eigenvalue weighted by molar-refractivity contribution is 5.97. The molecule has 0 fully saturated rings. The number of ketones is 1. The molecular formula is C17H18FNO2. The Labute approximate surface area is 123 Å². The molecule has 0 bridgehead atoms. The summed E-state index contributed by atoms with van der Waals surface area (Å²) in [6.45, 7) is 6.96. The number of halogens is 1. The van der Waals surface area contributed by atoms with Crippen LogP contribution in [-0.2, 0) is 0 Å². The molecular weight excluding hydrogens is 269 g/mol. The highest BCUT2D eigenvalue weighted by atomic mass is 19.1. The molecule has 4 heteroatoms. The van der Waals surface area contributed by atoms with Gasteiger partial charge >= 0.3 is 0 Å². The number of hydrogen-bond donors (Lipinski definition) is 1. The number of carbonyl (C=O) groups is 1. The molecule has 0 spiro atoms. The predicted octanol–water partition coefficient (Wildman–Crippen LogP) is 4.33. The van der Waals surface area contributed by atoms with Crippen LogP contribution in [0.2, 0.25) is 0 Å². The monoisotopic (exact) mass is 287 g/mol. The number of ether oxygens (including phenoxy) is 1. The van der Waals surface area contributed by atoms with Gasteiger partial charge in [0.15, 0.2) is 17.3 Å². The second kappa shape index (κ2) is 5.56. The molecule has 0 aliphatic carbocycles. The Balaban J connectivity index is 2.51. The van der Waals surface area contributed by atoms with Gasteiger partial charge in [0, 0.05) is 11.1 Å². The summed E-state index contributed by atoms with van der Waals surface area (Å²) in [5.41, 5.74) is 8.63. The standard InChI is InChI=1S/C17H18FNO2/c1-9-7-13(19)17(18)15(8-9)21-14-6-5-10(2)16(11(14)3)12(4)20/h5-8H,19H2,1-4H3. The van der Waals surface area contributed by atoms with Crippen LogP contribution in [0.3, 0.4) is 0 Å². The fourth-order valence-electron chi connectivity index (χ4n) is 2.44. The largest absolute Gasteiger partial charge is 0.454 e. The van der Waals surface area contributed by atoms with Gasteiger partial charge in [0.2, 0.25) is 0 Å². The fourth-order valence-corrected chi connectivity index (χ4v) is 2.44. The van der Waals surface area contributed by atoms with E-state index in [4.69, 9.17) is 10.5 Å². The first-order chi connectivity index (χ1) is 9.81.